The monoisotopic (exact) mass is 267 g/mol. The van der Waals surface area contributed by atoms with Crippen molar-refractivity contribution >= 4 is 15.9 Å². The van der Waals surface area contributed by atoms with Crippen molar-refractivity contribution in [2.75, 3.05) is 7.05 Å². The molecule has 0 saturated heterocycles. The molecule has 1 unspecified atom stereocenters. The Morgan fingerprint density at radius 3 is 2.40 bits per heavy atom. The maximum Gasteiger partial charge on any atom is 0.0175 e. The van der Waals surface area contributed by atoms with Crippen molar-refractivity contribution in [2.45, 2.75) is 32.2 Å². The zero-order chi connectivity index (χ0) is 10.9. The van der Waals surface area contributed by atoms with Crippen LogP contribution in [0.2, 0.25) is 0 Å². The normalized spacial score (nSPS) is 19.9. The number of nitrogens with one attached hydrogen (secondary N) is 1. The SMILES string of the molecule is CNC(Cc1ccc(Br)cc1)C1(C)CC1. The number of halogens is 1. The van der Waals surface area contributed by atoms with Crippen LogP contribution in [0.25, 0.3) is 0 Å². The van der Waals surface area contributed by atoms with Gasteiger partial charge in [-0.25, -0.2) is 0 Å². The van der Waals surface area contributed by atoms with Crippen LogP contribution in [-0.4, -0.2) is 13.1 Å². The van der Waals surface area contributed by atoms with Gasteiger partial charge in [0.15, 0.2) is 0 Å². The van der Waals surface area contributed by atoms with Gasteiger partial charge < -0.3 is 5.32 Å². The van der Waals surface area contributed by atoms with Crippen LogP contribution in [0.5, 0.6) is 0 Å². The summed E-state index contributed by atoms with van der Waals surface area (Å²) in [6.07, 6.45) is 3.88. The van der Waals surface area contributed by atoms with Crippen molar-refractivity contribution in [2.24, 2.45) is 5.41 Å². The topological polar surface area (TPSA) is 12.0 Å². The maximum absolute atomic E-state index is 3.46. The average molecular weight is 268 g/mol. The molecule has 1 aliphatic rings. The highest BCUT2D eigenvalue weighted by Gasteiger charge is 2.43. The summed E-state index contributed by atoms with van der Waals surface area (Å²) in [5, 5.41) is 3.46. The minimum Gasteiger partial charge on any atom is -0.316 e. The van der Waals surface area contributed by atoms with E-state index in [-0.39, 0.29) is 0 Å². The third kappa shape index (κ3) is 2.61. The first-order valence-electron chi connectivity index (χ1n) is 5.56. The standard InChI is InChI=1S/C13H18BrN/c1-13(7-8-13)12(15-2)9-10-3-5-11(14)6-4-10/h3-6,12,15H,7-9H2,1-2H3. The fraction of sp³-hybridized carbons (Fsp3) is 0.538. The van der Waals surface area contributed by atoms with Gasteiger partial charge in [-0.15, -0.1) is 0 Å². The molecule has 0 aliphatic heterocycles. The second-order valence-electron chi connectivity index (χ2n) is 4.83. The second kappa shape index (κ2) is 4.26. The zero-order valence-corrected chi connectivity index (χ0v) is 11.0. The number of rotatable bonds is 4. The predicted octanol–water partition coefficient (Wildman–Crippen LogP) is 3.38. The molecule has 0 heterocycles. The fourth-order valence-corrected chi connectivity index (χ4v) is 2.36. The average Bonchev–Trinajstić information content (AvgIpc) is 2.96. The van der Waals surface area contributed by atoms with E-state index < -0.39 is 0 Å². The van der Waals surface area contributed by atoms with Gasteiger partial charge in [0.2, 0.25) is 0 Å². The van der Waals surface area contributed by atoms with Crippen molar-refractivity contribution in [3.8, 4) is 0 Å². The molecule has 1 aromatic carbocycles. The maximum atomic E-state index is 3.46. The highest BCUT2D eigenvalue weighted by Crippen LogP contribution is 2.48. The van der Waals surface area contributed by atoms with Gasteiger partial charge >= 0.3 is 0 Å². The lowest BCUT2D eigenvalue weighted by Gasteiger charge is -2.23. The molecule has 0 aromatic heterocycles. The smallest absolute Gasteiger partial charge is 0.0175 e. The van der Waals surface area contributed by atoms with Gasteiger partial charge in [-0.05, 0) is 49.4 Å². The van der Waals surface area contributed by atoms with Gasteiger partial charge in [0.1, 0.15) is 0 Å². The summed E-state index contributed by atoms with van der Waals surface area (Å²) in [7, 11) is 2.08. The molecule has 1 aromatic rings. The summed E-state index contributed by atoms with van der Waals surface area (Å²) in [4.78, 5) is 0. The van der Waals surface area contributed by atoms with Crippen LogP contribution < -0.4 is 5.32 Å². The Kier molecular flexibility index (Phi) is 3.17. The summed E-state index contributed by atoms with van der Waals surface area (Å²) in [6.45, 7) is 2.38. The van der Waals surface area contributed by atoms with Gasteiger partial charge in [-0.1, -0.05) is 35.0 Å². The van der Waals surface area contributed by atoms with E-state index in [1.807, 2.05) is 0 Å². The lowest BCUT2D eigenvalue weighted by Crippen LogP contribution is -2.35. The van der Waals surface area contributed by atoms with Crippen LogP contribution >= 0.6 is 15.9 Å². The second-order valence-corrected chi connectivity index (χ2v) is 5.74. The molecule has 0 radical (unpaired) electrons. The van der Waals surface area contributed by atoms with Crippen LogP contribution in [0.4, 0.5) is 0 Å². The van der Waals surface area contributed by atoms with Crippen LogP contribution in [-0.2, 0) is 6.42 Å². The molecule has 1 nitrogen and oxygen atoms in total. The van der Waals surface area contributed by atoms with Crippen molar-refractivity contribution in [1.29, 1.82) is 0 Å². The molecule has 15 heavy (non-hydrogen) atoms. The Hall–Kier alpha value is -0.340. The van der Waals surface area contributed by atoms with E-state index in [1.54, 1.807) is 0 Å². The third-order valence-electron chi connectivity index (χ3n) is 3.58. The quantitative estimate of drug-likeness (QED) is 0.882. The van der Waals surface area contributed by atoms with Gasteiger partial charge in [0.25, 0.3) is 0 Å². The number of likely N-dealkylation sites (N-methyl/N-ethyl adjacent to an activating group) is 1. The lowest BCUT2D eigenvalue weighted by atomic mass is 9.92. The molecular formula is C13H18BrN. The Balaban J connectivity index is 2.03. The third-order valence-corrected chi connectivity index (χ3v) is 4.11. The Morgan fingerprint density at radius 1 is 1.33 bits per heavy atom. The minimum atomic E-state index is 0.543. The first-order valence-corrected chi connectivity index (χ1v) is 6.35. The summed E-state index contributed by atoms with van der Waals surface area (Å²) in [6, 6.07) is 9.29. The van der Waals surface area contributed by atoms with Crippen molar-refractivity contribution < 1.29 is 0 Å². The number of hydrogen-bond acceptors (Lipinski definition) is 1. The first-order chi connectivity index (χ1) is 7.14. The first kappa shape index (κ1) is 11.2. The summed E-state index contributed by atoms with van der Waals surface area (Å²) in [5.41, 5.74) is 1.97. The van der Waals surface area contributed by atoms with Crippen LogP contribution in [0.1, 0.15) is 25.3 Å². The summed E-state index contributed by atoms with van der Waals surface area (Å²) < 4.78 is 1.16. The van der Waals surface area contributed by atoms with E-state index in [0.717, 1.165) is 10.9 Å². The zero-order valence-electron chi connectivity index (χ0n) is 9.39. The van der Waals surface area contributed by atoms with Crippen molar-refractivity contribution in [3.05, 3.63) is 34.3 Å². The van der Waals surface area contributed by atoms with Crippen LogP contribution in [0.15, 0.2) is 28.7 Å². The van der Waals surface area contributed by atoms with Crippen molar-refractivity contribution in [3.63, 3.8) is 0 Å². The van der Waals surface area contributed by atoms with Crippen LogP contribution in [0.3, 0.4) is 0 Å². The molecule has 2 heteroatoms. The van der Waals surface area contributed by atoms with Gasteiger partial charge in [0, 0.05) is 10.5 Å². The molecule has 1 saturated carbocycles. The molecule has 0 spiro atoms. The Morgan fingerprint density at radius 2 is 1.93 bits per heavy atom. The van der Waals surface area contributed by atoms with E-state index in [9.17, 15) is 0 Å². The molecule has 1 aliphatic carbocycles. The Bertz CT molecular complexity index is 327. The lowest BCUT2D eigenvalue weighted by molar-refractivity contribution is 0.376. The Labute approximate surface area is 100 Å². The van der Waals surface area contributed by atoms with E-state index in [2.05, 4.69) is 59.5 Å². The van der Waals surface area contributed by atoms with Gasteiger partial charge in [0.05, 0.1) is 0 Å². The molecule has 82 valence electrons. The van der Waals surface area contributed by atoms with Crippen molar-refractivity contribution in [1.82, 2.24) is 5.32 Å². The largest absolute Gasteiger partial charge is 0.316 e. The highest BCUT2D eigenvalue weighted by molar-refractivity contribution is 9.10. The summed E-state index contributed by atoms with van der Waals surface area (Å²) in [5.74, 6) is 0. The molecule has 1 N–H and O–H groups in total. The van der Waals surface area contributed by atoms with E-state index in [0.29, 0.717) is 11.5 Å². The predicted molar refractivity (Wildman–Crippen MR) is 68.0 cm³/mol. The van der Waals surface area contributed by atoms with Crippen LogP contribution in [0, 0.1) is 5.41 Å². The fourth-order valence-electron chi connectivity index (χ4n) is 2.10. The molecule has 1 fully saturated rings. The molecule has 2 rings (SSSR count). The van der Waals surface area contributed by atoms with E-state index in [4.69, 9.17) is 0 Å². The van der Waals surface area contributed by atoms with E-state index >= 15 is 0 Å². The summed E-state index contributed by atoms with van der Waals surface area (Å²) >= 11 is 3.46. The minimum absolute atomic E-state index is 0.543. The molecular weight excluding hydrogens is 250 g/mol. The van der Waals surface area contributed by atoms with Gasteiger partial charge in [-0.3, -0.25) is 0 Å². The van der Waals surface area contributed by atoms with Gasteiger partial charge in [-0.2, -0.15) is 0 Å². The number of hydrogen-bond donors (Lipinski definition) is 1. The van der Waals surface area contributed by atoms with E-state index in [1.165, 1.54) is 18.4 Å². The molecule has 0 bridgehead atoms. The highest BCUT2D eigenvalue weighted by atomic mass is 79.9. The molecule has 0 amide bonds. The number of benzene rings is 1. The molecule has 1 atom stereocenters.